The molecule has 0 bridgehead atoms. The van der Waals surface area contributed by atoms with E-state index in [-0.39, 0.29) is 5.91 Å². The van der Waals surface area contributed by atoms with E-state index in [0.717, 1.165) is 11.3 Å². The SMILES string of the molecule is COc1c(N)cccc1C(=O)Nc1n[nH]c(C)c1C. The molecule has 1 amide bonds. The number of anilines is 2. The summed E-state index contributed by atoms with van der Waals surface area (Å²) in [6, 6.07) is 5.04. The van der Waals surface area contributed by atoms with E-state index in [1.54, 1.807) is 18.2 Å². The molecule has 6 heteroatoms. The second-order valence-corrected chi connectivity index (χ2v) is 4.20. The summed E-state index contributed by atoms with van der Waals surface area (Å²) in [7, 11) is 1.48. The topological polar surface area (TPSA) is 93.0 Å². The van der Waals surface area contributed by atoms with Gasteiger partial charge in [-0.2, -0.15) is 5.10 Å². The van der Waals surface area contributed by atoms with Crippen LogP contribution in [0.5, 0.6) is 5.75 Å². The lowest BCUT2D eigenvalue weighted by molar-refractivity contribution is 0.102. The molecule has 0 fully saturated rings. The van der Waals surface area contributed by atoms with Gasteiger partial charge in [0.2, 0.25) is 0 Å². The largest absolute Gasteiger partial charge is 0.494 e. The number of aromatic amines is 1. The van der Waals surface area contributed by atoms with Crippen LogP contribution in [0.15, 0.2) is 18.2 Å². The molecular weight excluding hydrogens is 244 g/mol. The number of ether oxygens (including phenoxy) is 1. The van der Waals surface area contributed by atoms with Crippen LogP contribution in [0.3, 0.4) is 0 Å². The summed E-state index contributed by atoms with van der Waals surface area (Å²) in [5, 5.41) is 9.58. The molecule has 0 saturated carbocycles. The third kappa shape index (κ3) is 2.37. The third-order valence-electron chi connectivity index (χ3n) is 2.98. The highest BCUT2D eigenvalue weighted by Gasteiger charge is 2.16. The first-order valence-electron chi connectivity index (χ1n) is 5.80. The number of hydrogen-bond donors (Lipinski definition) is 3. The molecule has 0 aliphatic carbocycles. The minimum atomic E-state index is -0.307. The Labute approximate surface area is 111 Å². The molecule has 19 heavy (non-hydrogen) atoms. The maximum absolute atomic E-state index is 12.2. The summed E-state index contributed by atoms with van der Waals surface area (Å²) in [6.45, 7) is 3.77. The summed E-state index contributed by atoms with van der Waals surface area (Å²) in [5.74, 6) is 0.565. The second-order valence-electron chi connectivity index (χ2n) is 4.20. The Morgan fingerprint density at radius 3 is 2.74 bits per heavy atom. The van der Waals surface area contributed by atoms with Gasteiger partial charge in [-0.3, -0.25) is 9.89 Å². The number of carbonyl (C=O) groups excluding carboxylic acids is 1. The van der Waals surface area contributed by atoms with Gasteiger partial charge in [0.05, 0.1) is 18.4 Å². The van der Waals surface area contributed by atoms with E-state index >= 15 is 0 Å². The number of benzene rings is 1. The summed E-state index contributed by atoms with van der Waals surface area (Å²) < 4.78 is 5.16. The maximum Gasteiger partial charge on any atom is 0.260 e. The smallest absolute Gasteiger partial charge is 0.260 e. The molecule has 0 radical (unpaired) electrons. The van der Waals surface area contributed by atoms with Crippen LogP contribution >= 0.6 is 0 Å². The predicted octanol–water partition coefficient (Wildman–Crippen LogP) is 1.87. The first kappa shape index (κ1) is 12.9. The predicted molar refractivity (Wildman–Crippen MR) is 73.4 cm³/mol. The van der Waals surface area contributed by atoms with Crippen molar-refractivity contribution in [3.63, 3.8) is 0 Å². The first-order valence-corrected chi connectivity index (χ1v) is 5.80. The van der Waals surface area contributed by atoms with E-state index in [9.17, 15) is 4.79 Å². The van der Waals surface area contributed by atoms with Crippen LogP contribution in [0.1, 0.15) is 21.6 Å². The fourth-order valence-corrected chi connectivity index (χ4v) is 1.74. The third-order valence-corrected chi connectivity index (χ3v) is 2.98. The number of nitrogens with zero attached hydrogens (tertiary/aromatic N) is 1. The van der Waals surface area contributed by atoms with Gasteiger partial charge in [0.25, 0.3) is 5.91 Å². The van der Waals surface area contributed by atoms with Gasteiger partial charge in [-0.25, -0.2) is 0 Å². The number of methoxy groups -OCH3 is 1. The van der Waals surface area contributed by atoms with Gasteiger partial charge in [0.15, 0.2) is 11.6 Å². The molecule has 4 N–H and O–H groups in total. The molecule has 1 heterocycles. The number of H-pyrrole nitrogens is 1. The number of hydrogen-bond acceptors (Lipinski definition) is 4. The lowest BCUT2D eigenvalue weighted by Gasteiger charge is -2.10. The second kappa shape index (κ2) is 5.01. The van der Waals surface area contributed by atoms with Gasteiger partial charge in [-0.15, -0.1) is 0 Å². The Bertz CT molecular complexity index is 619. The zero-order chi connectivity index (χ0) is 14.0. The standard InChI is InChI=1S/C13H16N4O2/c1-7-8(2)16-17-12(7)15-13(18)9-5-4-6-10(14)11(9)19-3/h4-6H,14H2,1-3H3,(H2,15,16,17,18). The van der Waals surface area contributed by atoms with Crippen molar-refractivity contribution < 1.29 is 9.53 Å². The van der Waals surface area contributed by atoms with Crippen LogP contribution in [-0.2, 0) is 0 Å². The number of nitrogen functional groups attached to an aromatic ring is 1. The van der Waals surface area contributed by atoms with Crippen molar-refractivity contribution in [2.24, 2.45) is 0 Å². The lowest BCUT2D eigenvalue weighted by Crippen LogP contribution is -2.14. The molecule has 0 aliphatic heterocycles. The molecule has 100 valence electrons. The average Bonchev–Trinajstić information content (AvgIpc) is 2.70. The van der Waals surface area contributed by atoms with Crippen molar-refractivity contribution >= 4 is 17.4 Å². The van der Waals surface area contributed by atoms with E-state index in [4.69, 9.17) is 10.5 Å². The average molecular weight is 260 g/mol. The molecule has 0 spiro atoms. The molecule has 2 rings (SSSR count). The van der Waals surface area contributed by atoms with Crippen molar-refractivity contribution in [1.82, 2.24) is 10.2 Å². The van der Waals surface area contributed by atoms with Crippen molar-refractivity contribution in [3.8, 4) is 5.75 Å². The lowest BCUT2D eigenvalue weighted by atomic mass is 10.1. The quantitative estimate of drug-likeness (QED) is 0.734. The number of nitrogens with two attached hydrogens (primary N) is 1. The van der Waals surface area contributed by atoms with E-state index < -0.39 is 0 Å². The van der Waals surface area contributed by atoms with Crippen molar-refractivity contribution in [3.05, 3.63) is 35.0 Å². The molecule has 1 aromatic heterocycles. The minimum absolute atomic E-state index is 0.307. The van der Waals surface area contributed by atoms with E-state index in [1.165, 1.54) is 7.11 Å². The Morgan fingerprint density at radius 1 is 1.42 bits per heavy atom. The van der Waals surface area contributed by atoms with Crippen LogP contribution in [0.2, 0.25) is 0 Å². The minimum Gasteiger partial charge on any atom is -0.494 e. The van der Waals surface area contributed by atoms with Gasteiger partial charge in [-0.05, 0) is 26.0 Å². The normalized spacial score (nSPS) is 10.3. The molecule has 2 aromatic rings. The Hall–Kier alpha value is -2.50. The highest BCUT2D eigenvalue weighted by atomic mass is 16.5. The number of carbonyl (C=O) groups is 1. The Balaban J connectivity index is 2.30. The van der Waals surface area contributed by atoms with Crippen molar-refractivity contribution in [1.29, 1.82) is 0 Å². The van der Waals surface area contributed by atoms with Crippen LogP contribution < -0.4 is 15.8 Å². The zero-order valence-corrected chi connectivity index (χ0v) is 11.1. The van der Waals surface area contributed by atoms with Gasteiger partial charge in [0.1, 0.15) is 0 Å². The number of nitrogens with one attached hydrogen (secondary N) is 2. The summed E-state index contributed by atoms with van der Waals surface area (Å²) in [5.41, 5.74) is 8.38. The molecule has 0 unspecified atom stereocenters. The maximum atomic E-state index is 12.2. The molecule has 0 saturated heterocycles. The Morgan fingerprint density at radius 2 is 2.16 bits per heavy atom. The summed E-state index contributed by atoms with van der Waals surface area (Å²) >= 11 is 0. The monoisotopic (exact) mass is 260 g/mol. The first-order chi connectivity index (χ1) is 9.04. The van der Waals surface area contributed by atoms with Crippen LogP contribution in [0, 0.1) is 13.8 Å². The number of aromatic nitrogens is 2. The van der Waals surface area contributed by atoms with Gasteiger partial charge in [-0.1, -0.05) is 6.07 Å². The molecule has 0 atom stereocenters. The molecular formula is C13H16N4O2. The number of amides is 1. The Kier molecular flexibility index (Phi) is 3.41. The van der Waals surface area contributed by atoms with E-state index in [2.05, 4.69) is 15.5 Å². The summed E-state index contributed by atoms with van der Waals surface area (Å²) in [4.78, 5) is 12.2. The van der Waals surface area contributed by atoms with Crippen LogP contribution in [0.4, 0.5) is 11.5 Å². The van der Waals surface area contributed by atoms with Gasteiger partial charge >= 0.3 is 0 Å². The summed E-state index contributed by atoms with van der Waals surface area (Å²) in [6.07, 6.45) is 0. The van der Waals surface area contributed by atoms with Crippen molar-refractivity contribution in [2.75, 3.05) is 18.2 Å². The number of aryl methyl sites for hydroxylation is 1. The highest BCUT2D eigenvalue weighted by molar-refractivity contribution is 6.07. The highest BCUT2D eigenvalue weighted by Crippen LogP contribution is 2.26. The molecule has 6 nitrogen and oxygen atoms in total. The van der Waals surface area contributed by atoms with Gasteiger partial charge in [0, 0.05) is 11.3 Å². The fourth-order valence-electron chi connectivity index (χ4n) is 1.74. The van der Waals surface area contributed by atoms with E-state index in [0.29, 0.717) is 22.8 Å². The number of rotatable bonds is 3. The van der Waals surface area contributed by atoms with Crippen LogP contribution in [-0.4, -0.2) is 23.2 Å². The fraction of sp³-hybridized carbons (Fsp3) is 0.231. The van der Waals surface area contributed by atoms with Crippen LogP contribution in [0.25, 0.3) is 0 Å². The van der Waals surface area contributed by atoms with E-state index in [1.807, 2.05) is 13.8 Å². The van der Waals surface area contributed by atoms with Gasteiger partial charge < -0.3 is 15.8 Å². The van der Waals surface area contributed by atoms with Crippen molar-refractivity contribution in [2.45, 2.75) is 13.8 Å². The molecule has 0 aliphatic rings. The molecule has 1 aromatic carbocycles. The zero-order valence-electron chi connectivity index (χ0n) is 11.1. The number of para-hydroxylation sites is 1.